The molecule has 0 spiro atoms. The Labute approximate surface area is 317 Å². The molecule has 0 amide bonds. The van der Waals surface area contributed by atoms with Crippen molar-refractivity contribution in [2.45, 2.75) is 6.42 Å². The minimum atomic E-state index is -0.702. The maximum atomic E-state index is 2.46. The molecule has 1 unspecified atom stereocenters. The minimum Gasteiger partial charge on any atom is -0.0801 e. The lowest BCUT2D eigenvalue weighted by Crippen LogP contribution is -2.13. The molecule has 0 saturated carbocycles. The standard InChI is InChI=1S/C53H37P/c1-2-5-21-45(20-4-1)54(46-22-6-3-7-23-46)47-24-14-19-41(35-47)42-31-32-50-51(36-42)53(44-30-28-38-16-9-11-18-40(38)34-44)49-26-13-12-25-48(49)52(50)43-29-27-37-15-8-10-17-39(37)33-43/h1-20,22-36H,21H2. The van der Waals surface area contributed by atoms with Gasteiger partial charge in [-0.1, -0.05) is 188 Å². The number of allylic oxidation sites excluding steroid dienone is 6. The first-order valence-corrected chi connectivity index (χ1v) is 20.1. The second-order valence-electron chi connectivity index (χ2n) is 14.1. The summed E-state index contributed by atoms with van der Waals surface area (Å²) in [6.45, 7) is 0. The topological polar surface area (TPSA) is 0 Å². The first-order valence-electron chi connectivity index (χ1n) is 18.7. The molecule has 0 fully saturated rings. The van der Waals surface area contributed by atoms with Crippen molar-refractivity contribution in [3.05, 3.63) is 218 Å². The normalized spacial score (nSPS) is 13.4. The van der Waals surface area contributed by atoms with Gasteiger partial charge in [0.1, 0.15) is 0 Å². The van der Waals surface area contributed by atoms with Crippen molar-refractivity contribution in [2.24, 2.45) is 0 Å². The summed E-state index contributed by atoms with van der Waals surface area (Å²) in [5.41, 5.74) is 7.50. The Balaban J connectivity index is 1.22. The van der Waals surface area contributed by atoms with Gasteiger partial charge < -0.3 is 0 Å². The van der Waals surface area contributed by atoms with Crippen molar-refractivity contribution in [1.29, 1.82) is 0 Å². The van der Waals surface area contributed by atoms with E-state index in [0.717, 1.165) is 6.42 Å². The average molecular weight is 705 g/mol. The highest BCUT2D eigenvalue weighted by molar-refractivity contribution is 7.76. The zero-order valence-electron chi connectivity index (χ0n) is 29.9. The highest BCUT2D eigenvalue weighted by Gasteiger charge is 2.21. The van der Waals surface area contributed by atoms with Crippen molar-refractivity contribution >= 4 is 61.6 Å². The van der Waals surface area contributed by atoms with Gasteiger partial charge in [-0.05, 0) is 131 Å². The fourth-order valence-corrected chi connectivity index (χ4v) is 10.7. The van der Waals surface area contributed by atoms with Gasteiger partial charge in [0.25, 0.3) is 0 Å². The van der Waals surface area contributed by atoms with Gasteiger partial charge in [0.05, 0.1) is 0 Å². The van der Waals surface area contributed by atoms with Crippen molar-refractivity contribution in [2.75, 3.05) is 0 Å². The number of hydrogen-bond donors (Lipinski definition) is 0. The van der Waals surface area contributed by atoms with E-state index in [4.69, 9.17) is 0 Å². The molecule has 0 heterocycles. The Hall–Kier alpha value is -6.33. The van der Waals surface area contributed by atoms with E-state index in [0.29, 0.717) is 0 Å². The largest absolute Gasteiger partial charge is 0.0801 e. The molecule has 1 aliphatic rings. The van der Waals surface area contributed by atoms with Crippen LogP contribution in [0.15, 0.2) is 218 Å². The van der Waals surface area contributed by atoms with Crippen LogP contribution >= 0.6 is 7.92 Å². The lowest BCUT2D eigenvalue weighted by Gasteiger charge is -2.22. The summed E-state index contributed by atoms with van der Waals surface area (Å²) < 4.78 is 0. The second-order valence-corrected chi connectivity index (χ2v) is 16.4. The smallest absolute Gasteiger partial charge is 0.00259 e. The van der Waals surface area contributed by atoms with E-state index in [1.807, 2.05) is 0 Å². The third-order valence-corrected chi connectivity index (χ3v) is 13.3. The predicted octanol–water partition coefficient (Wildman–Crippen LogP) is 14.1. The zero-order chi connectivity index (χ0) is 35.8. The molecule has 0 aromatic heterocycles. The highest BCUT2D eigenvalue weighted by Crippen LogP contribution is 2.48. The van der Waals surface area contributed by atoms with Crippen LogP contribution in [0.5, 0.6) is 0 Å². The lowest BCUT2D eigenvalue weighted by atomic mass is 9.84. The van der Waals surface area contributed by atoms with Crippen molar-refractivity contribution in [3.8, 4) is 33.4 Å². The van der Waals surface area contributed by atoms with Gasteiger partial charge in [-0.25, -0.2) is 0 Å². The van der Waals surface area contributed by atoms with Crippen molar-refractivity contribution in [3.63, 3.8) is 0 Å². The van der Waals surface area contributed by atoms with Gasteiger partial charge in [-0.3, -0.25) is 0 Å². The lowest BCUT2D eigenvalue weighted by molar-refractivity contribution is 1.36. The number of benzene rings is 9. The Kier molecular flexibility index (Phi) is 8.32. The van der Waals surface area contributed by atoms with E-state index in [9.17, 15) is 0 Å². The average Bonchev–Trinajstić information content (AvgIpc) is 3.52. The molecule has 9 aromatic rings. The van der Waals surface area contributed by atoms with Crippen LogP contribution in [0.3, 0.4) is 0 Å². The molecular weight excluding hydrogens is 668 g/mol. The molecule has 1 heteroatoms. The van der Waals surface area contributed by atoms with Gasteiger partial charge in [-0.2, -0.15) is 0 Å². The van der Waals surface area contributed by atoms with Crippen LogP contribution in [0.25, 0.3) is 76.5 Å². The van der Waals surface area contributed by atoms with Crippen LogP contribution < -0.4 is 10.6 Å². The maximum Gasteiger partial charge on any atom is -0.00259 e. The van der Waals surface area contributed by atoms with Gasteiger partial charge in [-0.15, -0.1) is 0 Å². The summed E-state index contributed by atoms with van der Waals surface area (Å²) in [5, 5.41) is 14.3. The van der Waals surface area contributed by atoms with Gasteiger partial charge in [0, 0.05) is 0 Å². The zero-order valence-corrected chi connectivity index (χ0v) is 30.8. The van der Waals surface area contributed by atoms with Crippen LogP contribution in [0, 0.1) is 0 Å². The SMILES string of the molecule is C1=CC=C(P(c2ccccc2)c2cccc(-c3ccc4c(-c5ccc6ccccc6c5)c5ccccc5c(-c5ccc6ccccc6c5)c4c3)c2)CC=C1. The van der Waals surface area contributed by atoms with Crippen LogP contribution in [0.2, 0.25) is 0 Å². The first-order chi connectivity index (χ1) is 26.8. The molecule has 0 aliphatic heterocycles. The Morgan fingerprint density at radius 3 is 1.59 bits per heavy atom. The maximum absolute atomic E-state index is 2.46. The summed E-state index contributed by atoms with van der Waals surface area (Å²) in [7, 11) is -0.702. The molecule has 0 bridgehead atoms. The summed E-state index contributed by atoms with van der Waals surface area (Å²) in [4.78, 5) is 0. The van der Waals surface area contributed by atoms with Crippen LogP contribution in [-0.2, 0) is 0 Å². The molecule has 9 aromatic carbocycles. The number of rotatable bonds is 6. The predicted molar refractivity (Wildman–Crippen MR) is 236 cm³/mol. The van der Waals surface area contributed by atoms with E-state index in [2.05, 4.69) is 212 Å². The molecule has 10 rings (SSSR count). The Bertz CT molecular complexity index is 2960. The molecule has 0 saturated heterocycles. The van der Waals surface area contributed by atoms with Crippen LogP contribution in [-0.4, -0.2) is 0 Å². The number of fused-ring (bicyclic) bond motifs is 4. The summed E-state index contributed by atoms with van der Waals surface area (Å²) in [5.74, 6) is 0. The fraction of sp³-hybridized carbons (Fsp3) is 0.0189. The Morgan fingerprint density at radius 2 is 0.889 bits per heavy atom. The van der Waals surface area contributed by atoms with E-state index in [1.54, 1.807) is 0 Å². The third kappa shape index (κ3) is 5.86. The highest BCUT2D eigenvalue weighted by atomic mass is 31.1. The molecule has 1 atom stereocenters. The van der Waals surface area contributed by atoms with Gasteiger partial charge in [0.2, 0.25) is 0 Å². The van der Waals surface area contributed by atoms with Gasteiger partial charge in [0.15, 0.2) is 0 Å². The fourth-order valence-electron chi connectivity index (χ4n) is 8.28. The minimum absolute atomic E-state index is 0.702. The molecule has 1 aliphatic carbocycles. The van der Waals surface area contributed by atoms with E-state index < -0.39 is 7.92 Å². The number of hydrogen-bond acceptors (Lipinski definition) is 0. The van der Waals surface area contributed by atoms with Crippen molar-refractivity contribution in [1.82, 2.24) is 0 Å². The first kappa shape index (κ1) is 32.3. The summed E-state index contributed by atoms with van der Waals surface area (Å²) >= 11 is 0. The van der Waals surface area contributed by atoms with Crippen molar-refractivity contribution < 1.29 is 0 Å². The molecule has 54 heavy (non-hydrogen) atoms. The Morgan fingerprint density at radius 1 is 0.333 bits per heavy atom. The quantitative estimate of drug-likeness (QED) is 0.119. The van der Waals surface area contributed by atoms with E-state index in [-0.39, 0.29) is 0 Å². The molecular formula is C53H37P. The van der Waals surface area contributed by atoms with Crippen LogP contribution in [0.1, 0.15) is 6.42 Å². The van der Waals surface area contributed by atoms with Crippen LogP contribution in [0.4, 0.5) is 0 Å². The summed E-state index contributed by atoms with van der Waals surface area (Å²) in [6, 6.07) is 67.8. The second kappa shape index (κ2) is 13.9. The third-order valence-electron chi connectivity index (χ3n) is 10.8. The monoisotopic (exact) mass is 704 g/mol. The van der Waals surface area contributed by atoms with E-state index >= 15 is 0 Å². The molecule has 0 N–H and O–H groups in total. The summed E-state index contributed by atoms with van der Waals surface area (Å²) in [6.07, 6.45) is 12.1. The molecule has 0 nitrogen and oxygen atoms in total. The molecule has 254 valence electrons. The van der Waals surface area contributed by atoms with Gasteiger partial charge >= 0.3 is 0 Å². The van der Waals surface area contributed by atoms with E-state index in [1.165, 1.54) is 92.4 Å². The molecule has 0 radical (unpaired) electrons.